The maximum atomic E-state index is 12.5. The van der Waals surface area contributed by atoms with Crippen molar-refractivity contribution in [3.63, 3.8) is 0 Å². The van der Waals surface area contributed by atoms with Gasteiger partial charge >= 0.3 is 12.0 Å². The molecule has 6 nitrogen and oxygen atoms in total. The molecule has 2 heterocycles. The van der Waals surface area contributed by atoms with Gasteiger partial charge in [0.1, 0.15) is 0 Å². The van der Waals surface area contributed by atoms with Gasteiger partial charge in [0.2, 0.25) is 0 Å². The number of nitrogens with zero attached hydrogens (tertiary/aromatic N) is 1. The molecule has 0 bridgehead atoms. The summed E-state index contributed by atoms with van der Waals surface area (Å²) in [5.41, 5.74) is 1.29. The number of rotatable bonds is 4. The smallest absolute Gasteiger partial charge is 0.335 e. The van der Waals surface area contributed by atoms with Gasteiger partial charge in [-0.25, -0.2) is 9.59 Å². The molecule has 3 rings (SSSR count). The van der Waals surface area contributed by atoms with E-state index in [4.69, 9.17) is 16.3 Å². The molecule has 2 aliphatic rings. The number of carbonyl (C=O) groups is 2. The normalized spacial score (nSPS) is 24.2. The van der Waals surface area contributed by atoms with E-state index < -0.39 is 12.0 Å². The highest BCUT2D eigenvalue weighted by Gasteiger charge is 2.36. The second-order valence-corrected chi connectivity index (χ2v) is 6.42. The summed E-state index contributed by atoms with van der Waals surface area (Å²) in [6.45, 7) is 2.71. The lowest BCUT2D eigenvalue weighted by Crippen LogP contribution is -2.49. The van der Waals surface area contributed by atoms with Gasteiger partial charge < -0.3 is 15.2 Å². The molecule has 1 fully saturated rings. The van der Waals surface area contributed by atoms with Crippen LogP contribution in [-0.4, -0.2) is 41.3 Å². The first-order valence-corrected chi connectivity index (χ1v) is 8.24. The van der Waals surface area contributed by atoms with E-state index in [9.17, 15) is 14.7 Å². The predicted molar refractivity (Wildman–Crippen MR) is 88.7 cm³/mol. The Bertz CT molecular complexity index is 680. The fourth-order valence-corrected chi connectivity index (χ4v) is 3.30. The first-order valence-electron chi connectivity index (χ1n) is 7.86. The second kappa shape index (κ2) is 6.83. The molecule has 7 heteroatoms. The van der Waals surface area contributed by atoms with Crippen LogP contribution in [0.4, 0.5) is 4.79 Å². The average molecular weight is 351 g/mol. The van der Waals surface area contributed by atoms with E-state index in [1.807, 2.05) is 0 Å². The Labute approximate surface area is 145 Å². The quantitative estimate of drug-likeness (QED) is 0.875. The molecule has 2 amide bonds. The van der Waals surface area contributed by atoms with Crippen molar-refractivity contribution in [3.8, 4) is 0 Å². The number of benzene rings is 1. The molecule has 0 radical (unpaired) electrons. The number of amides is 2. The lowest BCUT2D eigenvalue weighted by molar-refractivity contribution is -0.133. The number of hydrogen-bond acceptors (Lipinski definition) is 3. The maximum Gasteiger partial charge on any atom is 0.335 e. The molecule has 24 heavy (non-hydrogen) atoms. The number of urea groups is 1. The first-order chi connectivity index (χ1) is 11.5. The number of aliphatic carboxylic acids is 1. The lowest BCUT2D eigenvalue weighted by atomic mass is 9.95. The fraction of sp³-hybridized carbons (Fsp3) is 0.412. The minimum absolute atomic E-state index is 0.0483. The summed E-state index contributed by atoms with van der Waals surface area (Å²) < 4.78 is 5.57. The molecule has 2 atom stereocenters. The Kier molecular flexibility index (Phi) is 4.78. The Morgan fingerprint density at radius 1 is 1.42 bits per heavy atom. The molecule has 0 saturated carbocycles. The summed E-state index contributed by atoms with van der Waals surface area (Å²) in [5.74, 6) is -1.05. The molecule has 2 aliphatic heterocycles. The van der Waals surface area contributed by atoms with Crippen LogP contribution < -0.4 is 5.32 Å². The van der Waals surface area contributed by atoms with Gasteiger partial charge in [-0.05, 0) is 37.5 Å². The lowest BCUT2D eigenvalue weighted by Gasteiger charge is -2.35. The van der Waals surface area contributed by atoms with Crippen LogP contribution in [0, 0.1) is 0 Å². The monoisotopic (exact) mass is 350 g/mol. The number of halogens is 1. The van der Waals surface area contributed by atoms with Crippen molar-refractivity contribution in [2.75, 3.05) is 13.2 Å². The van der Waals surface area contributed by atoms with E-state index in [0.29, 0.717) is 29.4 Å². The van der Waals surface area contributed by atoms with Gasteiger partial charge in [0, 0.05) is 17.3 Å². The number of carboxylic acid groups (broad SMARTS) is 1. The molecule has 1 unspecified atom stereocenters. The van der Waals surface area contributed by atoms with Crippen LogP contribution >= 0.6 is 11.6 Å². The van der Waals surface area contributed by atoms with Crippen LogP contribution in [0.3, 0.4) is 0 Å². The number of allylic oxidation sites excluding steroid dienone is 1. The van der Waals surface area contributed by atoms with E-state index in [-0.39, 0.29) is 17.7 Å². The fourth-order valence-electron chi connectivity index (χ4n) is 3.18. The molecule has 0 aliphatic carbocycles. The summed E-state index contributed by atoms with van der Waals surface area (Å²) in [6.07, 6.45) is 1.79. The largest absolute Gasteiger partial charge is 0.478 e. The maximum absolute atomic E-state index is 12.5. The van der Waals surface area contributed by atoms with Crippen LogP contribution in [0.15, 0.2) is 35.5 Å². The third-order valence-electron chi connectivity index (χ3n) is 4.44. The van der Waals surface area contributed by atoms with Crippen LogP contribution in [0.5, 0.6) is 0 Å². The molecule has 1 aromatic carbocycles. The summed E-state index contributed by atoms with van der Waals surface area (Å²) in [6, 6.07) is 5.78. The van der Waals surface area contributed by atoms with Crippen molar-refractivity contribution >= 4 is 23.6 Å². The zero-order valence-electron chi connectivity index (χ0n) is 13.3. The Balaban J connectivity index is 1.94. The molecule has 0 aromatic heterocycles. The molecular weight excluding hydrogens is 332 g/mol. The van der Waals surface area contributed by atoms with Crippen LogP contribution in [0.2, 0.25) is 5.02 Å². The van der Waals surface area contributed by atoms with Crippen molar-refractivity contribution in [3.05, 3.63) is 46.1 Å². The number of nitrogens with one attached hydrogen (secondary N) is 1. The van der Waals surface area contributed by atoms with Crippen molar-refractivity contribution in [1.82, 2.24) is 10.2 Å². The van der Waals surface area contributed by atoms with E-state index >= 15 is 0 Å². The van der Waals surface area contributed by atoms with Gasteiger partial charge in [-0.2, -0.15) is 0 Å². The van der Waals surface area contributed by atoms with E-state index in [1.54, 1.807) is 31.2 Å². The highest BCUT2D eigenvalue weighted by atomic mass is 35.5. The average Bonchev–Trinajstić information content (AvgIpc) is 3.04. The predicted octanol–water partition coefficient (Wildman–Crippen LogP) is 2.94. The van der Waals surface area contributed by atoms with Crippen molar-refractivity contribution < 1.29 is 19.4 Å². The highest BCUT2D eigenvalue weighted by Crippen LogP contribution is 2.31. The minimum atomic E-state index is -1.05. The zero-order chi connectivity index (χ0) is 17.3. The summed E-state index contributed by atoms with van der Waals surface area (Å²) in [5, 5.41) is 13.0. The zero-order valence-corrected chi connectivity index (χ0v) is 14.0. The molecule has 2 N–H and O–H groups in total. The Morgan fingerprint density at radius 3 is 2.71 bits per heavy atom. The molecule has 0 spiro atoms. The molecule has 128 valence electrons. The van der Waals surface area contributed by atoms with Crippen molar-refractivity contribution in [2.24, 2.45) is 0 Å². The molecule has 1 aromatic rings. The second-order valence-electron chi connectivity index (χ2n) is 5.98. The SMILES string of the molecule is CC1=C(C(=O)O)C(c2ccc(Cl)cc2)NC(=O)N1C[C@H]1CCCO1. The topological polar surface area (TPSA) is 78.9 Å². The van der Waals surface area contributed by atoms with Gasteiger partial charge in [-0.1, -0.05) is 23.7 Å². The van der Waals surface area contributed by atoms with Gasteiger partial charge in [0.05, 0.1) is 24.3 Å². The van der Waals surface area contributed by atoms with E-state index in [1.165, 1.54) is 4.90 Å². The van der Waals surface area contributed by atoms with Gasteiger partial charge in [0.25, 0.3) is 0 Å². The van der Waals surface area contributed by atoms with E-state index in [2.05, 4.69) is 5.32 Å². The number of carbonyl (C=O) groups excluding carboxylic acids is 1. The van der Waals surface area contributed by atoms with Crippen LogP contribution in [0.25, 0.3) is 0 Å². The van der Waals surface area contributed by atoms with Gasteiger partial charge in [-0.15, -0.1) is 0 Å². The molecular formula is C17H19ClN2O4. The Hall–Kier alpha value is -2.05. The first kappa shape index (κ1) is 16.8. The Morgan fingerprint density at radius 2 is 2.12 bits per heavy atom. The standard InChI is InChI=1S/C17H19ClN2O4/c1-10-14(16(21)22)15(11-4-6-12(18)7-5-11)19-17(23)20(10)9-13-3-2-8-24-13/h4-7,13,15H,2-3,8-9H2,1H3,(H,19,23)(H,21,22)/t13-,15?/m1/s1. The third-order valence-corrected chi connectivity index (χ3v) is 4.69. The third kappa shape index (κ3) is 3.25. The van der Waals surface area contributed by atoms with Gasteiger partial charge in [-0.3, -0.25) is 4.90 Å². The van der Waals surface area contributed by atoms with Crippen LogP contribution in [0.1, 0.15) is 31.4 Å². The summed E-state index contributed by atoms with van der Waals surface area (Å²) >= 11 is 5.89. The van der Waals surface area contributed by atoms with Crippen LogP contribution in [-0.2, 0) is 9.53 Å². The van der Waals surface area contributed by atoms with Gasteiger partial charge in [0.15, 0.2) is 0 Å². The van der Waals surface area contributed by atoms with Crippen molar-refractivity contribution in [2.45, 2.75) is 31.9 Å². The summed E-state index contributed by atoms with van der Waals surface area (Å²) in [4.78, 5) is 25.8. The van der Waals surface area contributed by atoms with E-state index in [0.717, 1.165) is 12.8 Å². The van der Waals surface area contributed by atoms with Crippen molar-refractivity contribution in [1.29, 1.82) is 0 Å². The number of ether oxygens (including phenoxy) is 1. The molecule has 1 saturated heterocycles. The highest BCUT2D eigenvalue weighted by molar-refractivity contribution is 6.30. The number of hydrogen-bond donors (Lipinski definition) is 2. The minimum Gasteiger partial charge on any atom is -0.478 e. The summed E-state index contributed by atoms with van der Waals surface area (Å²) in [7, 11) is 0. The number of carboxylic acids is 1.